The summed E-state index contributed by atoms with van der Waals surface area (Å²) in [5, 5.41) is 3.29. The second kappa shape index (κ2) is 9.08. The average molecular weight is 320 g/mol. The van der Waals surface area contributed by atoms with E-state index in [1.54, 1.807) is 7.05 Å². The summed E-state index contributed by atoms with van der Waals surface area (Å²) < 4.78 is 28.9. The van der Waals surface area contributed by atoms with Gasteiger partial charge in [0.25, 0.3) is 10.2 Å². The molecular formula is C15H33N3O2S. The summed E-state index contributed by atoms with van der Waals surface area (Å²) in [4.78, 5) is 0. The number of nitrogens with one attached hydrogen (secondary N) is 2. The lowest BCUT2D eigenvalue weighted by molar-refractivity contribution is 0.239. The molecule has 0 aliphatic heterocycles. The Kier molecular flexibility index (Phi) is 8.16. The summed E-state index contributed by atoms with van der Waals surface area (Å²) in [5.41, 5.74) is 0. The zero-order chi connectivity index (χ0) is 15.9. The molecule has 21 heavy (non-hydrogen) atoms. The molecule has 0 radical (unpaired) electrons. The first-order valence-corrected chi connectivity index (χ1v) is 9.75. The first-order valence-electron chi connectivity index (χ1n) is 8.31. The van der Waals surface area contributed by atoms with Crippen LogP contribution in [0, 0.1) is 11.8 Å². The Morgan fingerprint density at radius 2 is 1.86 bits per heavy atom. The van der Waals surface area contributed by atoms with E-state index in [1.165, 1.54) is 4.31 Å². The maximum Gasteiger partial charge on any atom is 0.279 e. The third kappa shape index (κ3) is 6.63. The average Bonchev–Trinajstić information content (AvgIpc) is 2.42. The van der Waals surface area contributed by atoms with Gasteiger partial charge in [-0.2, -0.15) is 17.4 Å². The van der Waals surface area contributed by atoms with Crippen LogP contribution in [0.15, 0.2) is 0 Å². The van der Waals surface area contributed by atoms with Crippen molar-refractivity contribution in [3.8, 4) is 0 Å². The van der Waals surface area contributed by atoms with E-state index in [2.05, 4.69) is 30.8 Å². The molecule has 1 saturated carbocycles. The molecule has 6 heteroatoms. The van der Waals surface area contributed by atoms with E-state index >= 15 is 0 Å². The molecule has 126 valence electrons. The van der Waals surface area contributed by atoms with E-state index < -0.39 is 10.2 Å². The van der Waals surface area contributed by atoms with Gasteiger partial charge in [-0.1, -0.05) is 20.8 Å². The maximum atomic E-state index is 12.3. The molecule has 1 rings (SSSR count). The number of hydrogen-bond acceptors (Lipinski definition) is 3. The van der Waals surface area contributed by atoms with Crippen molar-refractivity contribution < 1.29 is 8.42 Å². The van der Waals surface area contributed by atoms with Crippen LogP contribution in [0.25, 0.3) is 0 Å². The van der Waals surface area contributed by atoms with Gasteiger partial charge in [0.1, 0.15) is 0 Å². The van der Waals surface area contributed by atoms with Crippen molar-refractivity contribution in [2.75, 3.05) is 26.7 Å². The van der Waals surface area contributed by atoms with Crippen LogP contribution in [-0.2, 0) is 10.2 Å². The Hall–Kier alpha value is -0.170. The van der Waals surface area contributed by atoms with E-state index in [0.29, 0.717) is 18.4 Å². The fourth-order valence-corrected chi connectivity index (χ4v) is 3.99. The molecule has 0 amide bonds. The van der Waals surface area contributed by atoms with Crippen molar-refractivity contribution in [1.82, 2.24) is 14.3 Å². The highest BCUT2D eigenvalue weighted by Crippen LogP contribution is 2.29. The highest BCUT2D eigenvalue weighted by molar-refractivity contribution is 7.87. The lowest BCUT2D eigenvalue weighted by Crippen LogP contribution is -2.46. The first-order chi connectivity index (χ1) is 9.86. The molecule has 0 aromatic heterocycles. The predicted molar refractivity (Wildman–Crippen MR) is 88.4 cm³/mol. The molecule has 0 bridgehead atoms. The van der Waals surface area contributed by atoms with Crippen LogP contribution in [0.4, 0.5) is 0 Å². The molecule has 0 saturated heterocycles. The predicted octanol–water partition coefficient (Wildman–Crippen LogP) is 1.97. The maximum absolute atomic E-state index is 12.3. The summed E-state index contributed by atoms with van der Waals surface area (Å²) >= 11 is 0. The lowest BCUT2D eigenvalue weighted by atomic mass is 9.79. The molecule has 1 fully saturated rings. The lowest BCUT2D eigenvalue weighted by Gasteiger charge is -2.33. The minimum absolute atomic E-state index is 0.0990. The topological polar surface area (TPSA) is 61.4 Å². The Labute approximate surface area is 131 Å². The number of rotatable bonds is 9. The second-order valence-corrected chi connectivity index (χ2v) is 8.32. The van der Waals surface area contributed by atoms with Gasteiger partial charge < -0.3 is 5.32 Å². The monoisotopic (exact) mass is 319 g/mol. The van der Waals surface area contributed by atoms with Crippen LogP contribution in [0.3, 0.4) is 0 Å². The molecule has 1 aliphatic rings. The van der Waals surface area contributed by atoms with Gasteiger partial charge in [-0.15, -0.1) is 0 Å². The molecule has 3 unspecified atom stereocenters. The Morgan fingerprint density at radius 3 is 2.48 bits per heavy atom. The van der Waals surface area contributed by atoms with Gasteiger partial charge in [-0.25, -0.2) is 0 Å². The Balaban J connectivity index is 2.34. The third-order valence-electron chi connectivity index (χ3n) is 4.58. The number of nitrogens with zero attached hydrogens (tertiary/aromatic N) is 1. The zero-order valence-corrected chi connectivity index (χ0v) is 14.9. The molecule has 1 aliphatic carbocycles. The molecule has 0 aromatic rings. The van der Waals surface area contributed by atoms with Crippen molar-refractivity contribution in [3.63, 3.8) is 0 Å². The summed E-state index contributed by atoms with van der Waals surface area (Å²) in [7, 11) is -1.67. The third-order valence-corrected chi connectivity index (χ3v) is 6.21. The van der Waals surface area contributed by atoms with Gasteiger partial charge >= 0.3 is 0 Å². The van der Waals surface area contributed by atoms with Crippen molar-refractivity contribution >= 4 is 10.2 Å². The Morgan fingerprint density at radius 1 is 1.14 bits per heavy atom. The smallest absolute Gasteiger partial charge is 0.279 e. The minimum Gasteiger partial charge on any atom is -0.317 e. The van der Waals surface area contributed by atoms with Gasteiger partial charge in [0, 0.05) is 19.6 Å². The van der Waals surface area contributed by atoms with Crippen LogP contribution >= 0.6 is 0 Å². The van der Waals surface area contributed by atoms with Crippen LogP contribution in [0.5, 0.6) is 0 Å². The fraction of sp³-hybridized carbons (Fsp3) is 1.00. The first kappa shape index (κ1) is 18.9. The van der Waals surface area contributed by atoms with E-state index in [0.717, 1.165) is 45.2 Å². The van der Waals surface area contributed by atoms with Crippen LogP contribution in [0.1, 0.15) is 52.9 Å². The zero-order valence-electron chi connectivity index (χ0n) is 14.1. The molecule has 0 aromatic carbocycles. The second-order valence-electron chi connectivity index (χ2n) is 6.51. The van der Waals surface area contributed by atoms with E-state index in [-0.39, 0.29) is 6.04 Å². The van der Waals surface area contributed by atoms with Gasteiger partial charge in [0.2, 0.25) is 0 Å². The molecule has 2 N–H and O–H groups in total. The highest BCUT2D eigenvalue weighted by Gasteiger charge is 2.28. The van der Waals surface area contributed by atoms with Gasteiger partial charge in [0.05, 0.1) is 0 Å². The number of hydrogen-bond donors (Lipinski definition) is 2. The van der Waals surface area contributed by atoms with Gasteiger partial charge in [-0.05, 0) is 57.0 Å². The Bertz CT molecular complexity index is 386. The minimum atomic E-state index is -3.34. The van der Waals surface area contributed by atoms with E-state index in [1.807, 2.05) is 0 Å². The van der Waals surface area contributed by atoms with Crippen molar-refractivity contribution in [3.05, 3.63) is 0 Å². The van der Waals surface area contributed by atoms with E-state index in [4.69, 9.17) is 0 Å². The molecular weight excluding hydrogens is 286 g/mol. The van der Waals surface area contributed by atoms with Gasteiger partial charge in [0.15, 0.2) is 0 Å². The normalized spacial score (nSPS) is 27.2. The fourth-order valence-electron chi connectivity index (χ4n) is 2.80. The largest absolute Gasteiger partial charge is 0.317 e. The molecule has 3 atom stereocenters. The van der Waals surface area contributed by atoms with Crippen molar-refractivity contribution in [2.24, 2.45) is 11.8 Å². The molecule has 5 nitrogen and oxygen atoms in total. The van der Waals surface area contributed by atoms with Crippen LogP contribution in [-0.4, -0.2) is 45.4 Å². The molecule has 0 spiro atoms. The quantitative estimate of drug-likeness (QED) is 0.639. The van der Waals surface area contributed by atoms with Crippen LogP contribution in [0.2, 0.25) is 0 Å². The highest BCUT2D eigenvalue weighted by atomic mass is 32.2. The van der Waals surface area contributed by atoms with Gasteiger partial charge in [-0.3, -0.25) is 0 Å². The van der Waals surface area contributed by atoms with Crippen molar-refractivity contribution in [2.45, 2.75) is 58.9 Å². The van der Waals surface area contributed by atoms with Crippen molar-refractivity contribution in [1.29, 1.82) is 0 Å². The van der Waals surface area contributed by atoms with Crippen LogP contribution < -0.4 is 10.0 Å². The summed E-state index contributed by atoms with van der Waals surface area (Å²) in [6.45, 7) is 9.02. The van der Waals surface area contributed by atoms with E-state index in [9.17, 15) is 8.42 Å². The molecule has 0 heterocycles. The summed E-state index contributed by atoms with van der Waals surface area (Å²) in [6, 6.07) is 0.0990. The summed E-state index contributed by atoms with van der Waals surface area (Å²) in [6.07, 6.45) is 4.96. The SMILES string of the molecule is CCCNCCCN(C)S(=O)(=O)NC1CCC(C)C(C)C1. The summed E-state index contributed by atoms with van der Waals surface area (Å²) in [5.74, 6) is 1.29. The standard InChI is InChI=1S/C15H33N3O2S/c1-5-9-16-10-6-11-18(4)21(19,20)17-15-8-7-13(2)14(3)12-15/h13-17H,5-12H2,1-4H3.